The van der Waals surface area contributed by atoms with Gasteiger partial charge in [-0.05, 0) is 47.9 Å². The quantitative estimate of drug-likeness (QED) is 0.575. The van der Waals surface area contributed by atoms with Crippen LogP contribution in [0.3, 0.4) is 0 Å². The highest BCUT2D eigenvalue weighted by atomic mass is 35.5. The van der Waals surface area contributed by atoms with E-state index in [1.54, 1.807) is 29.2 Å². The molecule has 0 spiro atoms. The van der Waals surface area contributed by atoms with Gasteiger partial charge in [-0.3, -0.25) is 4.79 Å². The van der Waals surface area contributed by atoms with Crippen molar-refractivity contribution in [2.45, 2.75) is 18.6 Å². The lowest BCUT2D eigenvalue weighted by molar-refractivity contribution is -0.143. The number of hydrogen-bond donors (Lipinski definition) is 3. The van der Waals surface area contributed by atoms with Gasteiger partial charge in [0.05, 0.1) is 6.04 Å². The molecule has 28 heavy (non-hydrogen) atoms. The van der Waals surface area contributed by atoms with E-state index in [-0.39, 0.29) is 30.9 Å². The van der Waals surface area contributed by atoms with Gasteiger partial charge < -0.3 is 20.7 Å². The average molecular weight is 441 g/mol. The highest BCUT2D eigenvalue weighted by molar-refractivity contribution is 6.31. The van der Waals surface area contributed by atoms with Crippen molar-refractivity contribution < 1.29 is 9.90 Å². The van der Waals surface area contributed by atoms with Crippen molar-refractivity contribution in [1.82, 2.24) is 9.88 Å². The smallest absolute Gasteiger partial charge is 0.256 e. The maximum atomic E-state index is 13.0. The fourth-order valence-corrected chi connectivity index (χ4v) is 4.09. The first-order chi connectivity index (χ1) is 13.0. The monoisotopic (exact) mass is 439 g/mol. The standard InChI is InChI=1S/C20H19Cl2N3O2.ClH/c21-12-3-1-11(2-4-12)19(26)20(27)25-8-7-14-15-9-13(22)5-6-16(15)24-18(14)17(25)10-23;/h1-6,9,17,19,24,26H,7-8,10,23H2;1H. The minimum Gasteiger partial charge on any atom is -0.378 e. The fourth-order valence-electron chi connectivity index (χ4n) is 3.79. The van der Waals surface area contributed by atoms with Crippen molar-refractivity contribution in [3.8, 4) is 0 Å². The lowest BCUT2D eigenvalue weighted by Crippen LogP contribution is -2.45. The maximum Gasteiger partial charge on any atom is 0.256 e. The average Bonchev–Trinajstić information content (AvgIpc) is 3.04. The van der Waals surface area contributed by atoms with Crippen LogP contribution in [0.25, 0.3) is 10.9 Å². The summed E-state index contributed by atoms with van der Waals surface area (Å²) in [5.41, 5.74) is 9.54. The minimum absolute atomic E-state index is 0. The van der Waals surface area contributed by atoms with Crippen LogP contribution in [0.5, 0.6) is 0 Å². The topological polar surface area (TPSA) is 82.4 Å². The van der Waals surface area contributed by atoms with Gasteiger partial charge in [-0.15, -0.1) is 12.4 Å². The van der Waals surface area contributed by atoms with E-state index in [0.717, 1.165) is 22.2 Å². The van der Waals surface area contributed by atoms with Crippen LogP contribution in [0, 0.1) is 0 Å². The number of nitrogens with one attached hydrogen (secondary N) is 1. The van der Waals surface area contributed by atoms with Crippen LogP contribution in [0.1, 0.15) is 29.0 Å². The first-order valence-corrected chi connectivity index (χ1v) is 9.49. The lowest BCUT2D eigenvalue weighted by atomic mass is 9.96. The molecule has 1 aromatic heterocycles. The Bertz CT molecular complexity index is 1000. The number of rotatable bonds is 3. The van der Waals surface area contributed by atoms with Crippen LogP contribution in [-0.2, 0) is 11.2 Å². The number of nitrogens with zero attached hydrogens (tertiary/aromatic N) is 1. The molecular formula is C20H20Cl3N3O2. The molecule has 5 nitrogen and oxygen atoms in total. The van der Waals surface area contributed by atoms with Gasteiger partial charge in [0.1, 0.15) is 0 Å². The Labute approximate surface area is 178 Å². The maximum absolute atomic E-state index is 13.0. The molecule has 148 valence electrons. The van der Waals surface area contributed by atoms with Crippen LogP contribution in [-0.4, -0.2) is 34.0 Å². The second kappa shape index (κ2) is 8.31. The summed E-state index contributed by atoms with van der Waals surface area (Å²) in [6.07, 6.45) is -0.581. The van der Waals surface area contributed by atoms with Gasteiger partial charge in [0.15, 0.2) is 6.10 Å². The zero-order valence-corrected chi connectivity index (χ0v) is 17.2. The van der Waals surface area contributed by atoms with Crippen molar-refractivity contribution in [1.29, 1.82) is 0 Å². The number of aromatic amines is 1. The molecule has 0 bridgehead atoms. The van der Waals surface area contributed by atoms with Gasteiger partial charge in [0.25, 0.3) is 5.91 Å². The predicted molar refractivity (Wildman–Crippen MR) is 114 cm³/mol. The number of H-pyrrole nitrogens is 1. The Morgan fingerprint density at radius 2 is 1.89 bits per heavy atom. The molecule has 0 saturated heterocycles. The van der Waals surface area contributed by atoms with Crippen molar-refractivity contribution in [2.75, 3.05) is 13.1 Å². The number of aliphatic hydroxyl groups excluding tert-OH is 1. The molecule has 1 aliphatic rings. The van der Waals surface area contributed by atoms with E-state index in [4.69, 9.17) is 28.9 Å². The number of nitrogens with two attached hydrogens (primary N) is 1. The summed E-state index contributed by atoms with van der Waals surface area (Å²) in [5.74, 6) is -0.366. The molecule has 0 fully saturated rings. The molecule has 0 radical (unpaired) electrons. The molecule has 2 atom stereocenters. The summed E-state index contributed by atoms with van der Waals surface area (Å²) in [7, 11) is 0. The molecule has 2 unspecified atom stereocenters. The van der Waals surface area contributed by atoms with Gasteiger partial charge in [0.2, 0.25) is 0 Å². The van der Waals surface area contributed by atoms with E-state index in [1.165, 1.54) is 0 Å². The van der Waals surface area contributed by atoms with Gasteiger partial charge in [-0.1, -0.05) is 35.3 Å². The Balaban J connectivity index is 0.00000225. The first-order valence-electron chi connectivity index (χ1n) is 8.73. The van der Waals surface area contributed by atoms with Crippen LogP contribution in [0.2, 0.25) is 10.0 Å². The molecular weight excluding hydrogens is 421 g/mol. The number of aliphatic hydroxyl groups is 1. The third kappa shape index (κ3) is 3.61. The minimum atomic E-state index is -1.25. The number of hydrogen-bond acceptors (Lipinski definition) is 3. The Kier molecular flexibility index (Phi) is 6.22. The molecule has 4 rings (SSSR count). The molecule has 2 aromatic carbocycles. The fraction of sp³-hybridized carbons (Fsp3) is 0.250. The van der Waals surface area contributed by atoms with Crippen molar-refractivity contribution in [2.24, 2.45) is 5.73 Å². The van der Waals surface area contributed by atoms with E-state index in [2.05, 4.69) is 4.98 Å². The van der Waals surface area contributed by atoms with Crippen LogP contribution in [0.15, 0.2) is 42.5 Å². The Morgan fingerprint density at radius 3 is 2.57 bits per heavy atom. The second-order valence-corrected chi connectivity index (χ2v) is 7.57. The first kappa shape index (κ1) is 21.0. The molecule has 1 aliphatic heterocycles. The number of carbonyl (C=O) groups is 1. The molecule has 0 saturated carbocycles. The Hall–Kier alpha value is -1.76. The molecule has 0 aliphatic carbocycles. The zero-order valence-electron chi connectivity index (χ0n) is 14.9. The summed E-state index contributed by atoms with van der Waals surface area (Å²) in [4.78, 5) is 18.0. The van der Waals surface area contributed by atoms with Crippen LogP contribution in [0.4, 0.5) is 0 Å². The normalized spacial score (nSPS) is 17.1. The number of benzene rings is 2. The van der Waals surface area contributed by atoms with Gasteiger partial charge in [-0.25, -0.2) is 0 Å². The number of aromatic nitrogens is 1. The van der Waals surface area contributed by atoms with Crippen molar-refractivity contribution in [3.05, 3.63) is 69.3 Å². The summed E-state index contributed by atoms with van der Waals surface area (Å²) in [6, 6.07) is 12.0. The van der Waals surface area contributed by atoms with Crippen molar-refractivity contribution in [3.63, 3.8) is 0 Å². The van der Waals surface area contributed by atoms with E-state index >= 15 is 0 Å². The van der Waals surface area contributed by atoms with E-state index < -0.39 is 6.10 Å². The summed E-state index contributed by atoms with van der Waals surface area (Å²) >= 11 is 12.0. The largest absolute Gasteiger partial charge is 0.378 e. The lowest BCUT2D eigenvalue weighted by Gasteiger charge is -2.36. The number of carbonyl (C=O) groups excluding carboxylic acids is 1. The number of amides is 1. The van der Waals surface area contributed by atoms with E-state index in [0.29, 0.717) is 28.6 Å². The van der Waals surface area contributed by atoms with Gasteiger partial charge >= 0.3 is 0 Å². The highest BCUT2D eigenvalue weighted by Crippen LogP contribution is 2.36. The third-order valence-electron chi connectivity index (χ3n) is 5.14. The van der Waals surface area contributed by atoms with Gasteiger partial charge in [-0.2, -0.15) is 0 Å². The SMILES string of the molecule is Cl.NCC1c2[nH]c3ccc(Cl)cc3c2CCN1C(=O)C(O)c1ccc(Cl)cc1. The van der Waals surface area contributed by atoms with Crippen molar-refractivity contribution >= 4 is 52.4 Å². The van der Waals surface area contributed by atoms with E-state index in [9.17, 15) is 9.90 Å². The van der Waals surface area contributed by atoms with Crippen LogP contribution < -0.4 is 5.73 Å². The summed E-state index contributed by atoms with van der Waals surface area (Å²) in [6.45, 7) is 0.741. The highest BCUT2D eigenvalue weighted by Gasteiger charge is 2.35. The summed E-state index contributed by atoms with van der Waals surface area (Å²) < 4.78 is 0. The molecule has 1 amide bonds. The Morgan fingerprint density at radius 1 is 1.21 bits per heavy atom. The summed E-state index contributed by atoms with van der Waals surface area (Å²) in [5, 5.41) is 12.8. The zero-order chi connectivity index (χ0) is 19.1. The number of halogens is 3. The van der Waals surface area contributed by atoms with E-state index in [1.807, 2.05) is 18.2 Å². The molecule has 3 aromatic rings. The predicted octanol–water partition coefficient (Wildman–Crippen LogP) is 4.01. The van der Waals surface area contributed by atoms with Gasteiger partial charge in [0, 0.05) is 39.7 Å². The third-order valence-corrected chi connectivity index (χ3v) is 5.63. The molecule has 8 heteroatoms. The number of fused-ring (bicyclic) bond motifs is 3. The van der Waals surface area contributed by atoms with Crippen LogP contribution >= 0.6 is 35.6 Å². The molecule has 4 N–H and O–H groups in total. The molecule has 2 heterocycles. The second-order valence-electron chi connectivity index (χ2n) is 6.69.